The van der Waals surface area contributed by atoms with Gasteiger partial charge in [0.25, 0.3) is 0 Å². The third kappa shape index (κ3) is 1.12. The minimum atomic E-state index is 1.03. The molecule has 0 radical (unpaired) electrons. The van der Waals surface area contributed by atoms with Crippen LogP contribution in [0.3, 0.4) is 0 Å². The zero-order valence-corrected chi connectivity index (χ0v) is 5.04. The van der Waals surface area contributed by atoms with E-state index in [0.717, 1.165) is 12.9 Å². The van der Waals surface area contributed by atoms with Crippen LogP contribution in [0.2, 0.25) is 6.32 Å². The molecule has 0 aromatic carbocycles. The van der Waals surface area contributed by atoms with Crippen LogP contribution < -0.4 is 0 Å². The van der Waals surface area contributed by atoms with Gasteiger partial charge >= 0.3 is 0 Å². The van der Waals surface area contributed by atoms with Crippen molar-refractivity contribution in [3.8, 4) is 0 Å². The topological polar surface area (TPSA) is 17.8 Å². The second-order valence-corrected chi connectivity index (χ2v) is 1.77. The lowest BCUT2D eigenvalue weighted by atomic mass is 10.1. The molecule has 1 aromatic heterocycles. The Labute approximate surface area is 49.9 Å². The minimum absolute atomic E-state index is 1.03. The first-order chi connectivity index (χ1) is 3.93. The Kier molecular flexibility index (Phi) is 1.73. The number of nitrogens with zero attached hydrogens (tertiary/aromatic N) is 2. The van der Waals surface area contributed by atoms with Crippen LogP contribution >= 0.6 is 0 Å². The highest BCUT2D eigenvalue weighted by molar-refractivity contribution is 6.08. The first-order valence-corrected chi connectivity index (χ1v) is 2.91. The van der Waals surface area contributed by atoms with Crippen molar-refractivity contribution in [3.05, 3.63) is 18.5 Å². The Bertz CT molecular complexity index is 136. The first-order valence-electron chi connectivity index (χ1n) is 2.91. The van der Waals surface area contributed by atoms with Gasteiger partial charge in [-0.3, -0.25) is 4.68 Å². The van der Waals surface area contributed by atoms with Gasteiger partial charge in [0.2, 0.25) is 0 Å². The molecule has 0 N–H and O–H groups in total. The van der Waals surface area contributed by atoms with E-state index in [4.69, 9.17) is 0 Å². The summed E-state index contributed by atoms with van der Waals surface area (Å²) >= 11 is 0. The van der Waals surface area contributed by atoms with Gasteiger partial charge in [-0.1, -0.05) is 6.32 Å². The molecular formula is C5H9BN2. The van der Waals surface area contributed by atoms with Crippen LogP contribution in [0.15, 0.2) is 18.5 Å². The van der Waals surface area contributed by atoms with Gasteiger partial charge in [-0.25, -0.2) is 0 Å². The largest absolute Gasteiger partial charge is 0.273 e. The van der Waals surface area contributed by atoms with E-state index < -0.39 is 0 Å². The van der Waals surface area contributed by atoms with E-state index in [1.807, 2.05) is 16.9 Å². The zero-order chi connectivity index (χ0) is 5.82. The number of hydrogen-bond donors (Lipinski definition) is 0. The summed E-state index contributed by atoms with van der Waals surface area (Å²) in [4.78, 5) is 0. The Balaban J connectivity index is 2.50. The van der Waals surface area contributed by atoms with Crippen molar-refractivity contribution in [3.63, 3.8) is 0 Å². The SMILES string of the molecule is BCCn1cccn1. The van der Waals surface area contributed by atoms with Crippen LogP contribution in [0.25, 0.3) is 0 Å². The van der Waals surface area contributed by atoms with Crippen molar-refractivity contribution in [1.29, 1.82) is 0 Å². The van der Waals surface area contributed by atoms with Crippen molar-refractivity contribution in [1.82, 2.24) is 9.78 Å². The summed E-state index contributed by atoms with van der Waals surface area (Å²) in [5.74, 6) is 0. The molecule has 0 aliphatic heterocycles. The van der Waals surface area contributed by atoms with E-state index >= 15 is 0 Å². The van der Waals surface area contributed by atoms with Crippen LogP contribution in [0.5, 0.6) is 0 Å². The molecule has 1 aromatic rings. The molecule has 0 atom stereocenters. The summed E-state index contributed by atoms with van der Waals surface area (Å²) in [7, 11) is 2.14. The minimum Gasteiger partial charge on any atom is -0.273 e. The number of aromatic nitrogens is 2. The Hall–Kier alpha value is -0.725. The molecule has 42 valence electrons. The lowest BCUT2D eigenvalue weighted by Crippen LogP contribution is -1.95. The average Bonchev–Trinajstić information content (AvgIpc) is 2.19. The maximum Gasteiger partial charge on any atom is 0.103 e. The quantitative estimate of drug-likeness (QED) is 0.485. The molecule has 0 fully saturated rings. The van der Waals surface area contributed by atoms with Gasteiger partial charge < -0.3 is 0 Å². The van der Waals surface area contributed by atoms with E-state index in [1.54, 1.807) is 6.20 Å². The summed E-state index contributed by atoms with van der Waals surface area (Å²) in [5, 5.41) is 4.02. The van der Waals surface area contributed by atoms with Gasteiger partial charge in [0.1, 0.15) is 7.85 Å². The summed E-state index contributed by atoms with van der Waals surface area (Å²) in [6, 6.07) is 1.94. The number of rotatable bonds is 2. The van der Waals surface area contributed by atoms with Gasteiger partial charge in [-0.15, -0.1) is 0 Å². The van der Waals surface area contributed by atoms with Crippen molar-refractivity contribution in [2.24, 2.45) is 0 Å². The first kappa shape index (κ1) is 5.41. The Morgan fingerprint density at radius 1 is 1.62 bits per heavy atom. The average molecular weight is 108 g/mol. The molecule has 1 heterocycles. The third-order valence-corrected chi connectivity index (χ3v) is 1.01. The van der Waals surface area contributed by atoms with Gasteiger partial charge in [0.15, 0.2) is 0 Å². The molecule has 0 unspecified atom stereocenters. The highest BCUT2D eigenvalue weighted by Gasteiger charge is 1.82. The van der Waals surface area contributed by atoms with Crippen molar-refractivity contribution in [2.45, 2.75) is 12.9 Å². The van der Waals surface area contributed by atoms with E-state index in [0.29, 0.717) is 0 Å². The molecular weight excluding hydrogens is 98.9 g/mol. The van der Waals surface area contributed by atoms with Gasteiger partial charge in [-0.05, 0) is 6.07 Å². The van der Waals surface area contributed by atoms with Gasteiger partial charge in [0, 0.05) is 18.9 Å². The van der Waals surface area contributed by atoms with E-state index in [9.17, 15) is 0 Å². The maximum atomic E-state index is 4.02. The molecule has 0 spiro atoms. The normalized spacial score (nSPS) is 9.50. The van der Waals surface area contributed by atoms with Crippen molar-refractivity contribution in [2.75, 3.05) is 0 Å². The summed E-state index contributed by atoms with van der Waals surface area (Å²) in [5.41, 5.74) is 0. The second-order valence-electron chi connectivity index (χ2n) is 1.77. The van der Waals surface area contributed by atoms with E-state index in [-0.39, 0.29) is 0 Å². The highest BCUT2D eigenvalue weighted by atomic mass is 15.3. The fourth-order valence-electron chi connectivity index (χ4n) is 0.662. The predicted octanol–water partition coefficient (Wildman–Crippen LogP) is -0.0655. The molecule has 0 aliphatic rings. The van der Waals surface area contributed by atoms with Crippen molar-refractivity contribution < 1.29 is 0 Å². The van der Waals surface area contributed by atoms with E-state index in [2.05, 4.69) is 12.9 Å². The summed E-state index contributed by atoms with van der Waals surface area (Å²) < 4.78 is 1.93. The van der Waals surface area contributed by atoms with Crippen LogP contribution in [0, 0.1) is 0 Å². The molecule has 0 saturated heterocycles. The number of hydrogen-bond acceptors (Lipinski definition) is 1. The monoisotopic (exact) mass is 108 g/mol. The second kappa shape index (κ2) is 2.55. The predicted molar refractivity (Wildman–Crippen MR) is 35.6 cm³/mol. The molecule has 0 amide bonds. The lowest BCUT2D eigenvalue weighted by Gasteiger charge is -1.92. The van der Waals surface area contributed by atoms with Crippen molar-refractivity contribution >= 4 is 7.85 Å². The third-order valence-electron chi connectivity index (χ3n) is 1.01. The van der Waals surface area contributed by atoms with Crippen LogP contribution in [0.4, 0.5) is 0 Å². The molecule has 0 aliphatic carbocycles. The Morgan fingerprint density at radius 2 is 2.50 bits per heavy atom. The highest BCUT2D eigenvalue weighted by Crippen LogP contribution is 1.84. The zero-order valence-electron chi connectivity index (χ0n) is 5.04. The number of aryl methyl sites for hydroxylation is 1. The standard InChI is InChI=1S/C5H9BN2/c6-2-5-8-4-1-3-7-8/h1,3-4H,2,5-6H2. The maximum absolute atomic E-state index is 4.02. The summed E-state index contributed by atoms with van der Waals surface area (Å²) in [6.07, 6.45) is 4.93. The van der Waals surface area contributed by atoms with Crippen LogP contribution in [-0.2, 0) is 6.54 Å². The van der Waals surface area contributed by atoms with Gasteiger partial charge in [0.05, 0.1) is 0 Å². The summed E-state index contributed by atoms with van der Waals surface area (Å²) in [6.45, 7) is 1.03. The molecule has 3 heteroatoms. The fourth-order valence-corrected chi connectivity index (χ4v) is 0.662. The lowest BCUT2D eigenvalue weighted by molar-refractivity contribution is 0.659. The molecule has 8 heavy (non-hydrogen) atoms. The fraction of sp³-hybridized carbons (Fsp3) is 0.400. The Morgan fingerprint density at radius 3 is 3.00 bits per heavy atom. The molecule has 2 nitrogen and oxygen atoms in total. The van der Waals surface area contributed by atoms with E-state index in [1.165, 1.54) is 0 Å². The molecule has 1 rings (SSSR count). The van der Waals surface area contributed by atoms with Crippen LogP contribution in [0.1, 0.15) is 0 Å². The smallest absolute Gasteiger partial charge is 0.103 e. The van der Waals surface area contributed by atoms with Gasteiger partial charge in [-0.2, -0.15) is 5.10 Å². The molecule has 0 saturated carbocycles. The molecule has 0 bridgehead atoms. The van der Waals surface area contributed by atoms with Crippen LogP contribution in [-0.4, -0.2) is 17.6 Å².